The van der Waals surface area contributed by atoms with E-state index in [1.54, 1.807) is 6.07 Å². The maximum Gasteiger partial charge on any atom is 0.331 e. The molecule has 1 unspecified atom stereocenters. The van der Waals surface area contributed by atoms with Crippen LogP contribution >= 0.6 is 43.2 Å². The van der Waals surface area contributed by atoms with Gasteiger partial charge in [-0.25, -0.2) is 4.79 Å². The Balaban J connectivity index is 2.17. The summed E-state index contributed by atoms with van der Waals surface area (Å²) in [6.45, 7) is 0.339. The molecule has 1 amide bonds. The van der Waals surface area contributed by atoms with E-state index >= 15 is 0 Å². The molecule has 0 saturated carbocycles. The molecule has 1 saturated heterocycles. The summed E-state index contributed by atoms with van der Waals surface area (Å²) >= 11 is 7.81. The van der Waals surface area contributed by atoms with Crippen LogP contribution in [-0.4, -0.2) is 35.7 Å². The Bertz CT molecular complexity index is 477. The summed E-state index contributed by atoms with van der Waals surface area (Å²) in [5.41, 5.74) is -1.31. The number of nitrogens with one attached hydrogen (secondary N) is 1. The number of carboxylic acid groups (broad SMARTS) is 1. The zero-order valence-corrected chi connectivity index (χ0v) is 13.0. The van der Waals surface area contributed by atoms with Crippen LogP contribution in [0.5, 0.6) is 0 Å². The number of ether oxygens (including phenoxy) is 1. The normalized spacial score (nSPS) is 23.0. The zero-order valence-electron chi connectivity index (χ0n) is 9.03. The third-order valence-electron chi connectivity index (χ3n) is 2.65. The first kappa shape index (κ1) is 14.0. The van der Waals surface area contributed by atoms with Gasteiger partial charge in [0.1, 0.15) is 0 Å². The van der Waals surface area contributed by atoms with Crippen LogP contribution in [0.2, 0.25) is 0 Å². The smallest absolute Gasteiger partial charge is 0.331 e. The number of amides is 1. The molecule has 2 N–H and O–H groups in total. The predicted octanol–water partition coefficient (Wildman–Crippen LogP) is 2.25. The molecule has 2 rings (SSSR count). The number of hydrogen-bond acceptors (Lipinski definition) is 4. The second kappa shape index (κ2) is 5.28. The molecule has 0 aliphatic carbocycles. The van der Waals surface area contributed by atoms with Gasteiger partial charge in [0, 0.05) is 17.5 Å². The quantitative estimate of drug-likeness (QED) is 0.818. The van der Waals surface area contributed by atoms with Crippen molar-refractivity contribution in [2.24, 2.45) is 0 Å². The number of carbonyl (C=O) groups excluding carboxylic acids is 1. The SMILES string of the molecule is O=C(NC1(C(=O)O)CCOC1)c1cc(Br)c(Br)s1. The second-order valence-corrected chi connectivity index (χ2v) is 7.10. The van der Waals surface area contributed by atoms with Gasteiger partial charge in [-0.05, 0) is 37.9 Å². The van der Waals surface area contributed by atoms with Crippen LogP contribution in [0.1, 0.15) is 16.1 Å². The lowest BCUT2D eigenvalue weighted by Crippen LogP contribution is -2.55. The molecular formula is C10H9Br2NO4S. The van der Waals surface area contributed by atoms with Gasteiger partial charge in [-0.3, -0.25) is 4.79 Å². The molecule has 1 aliphatic rings. The Kier molecular flexibility index (Phi) is 4.10. The molecule has 8 heteroatoms. The van der Waals surface area contributed by atoms with E-state index in [-0.39, 0.29) is 13.0 Å². The summed E-state index contributed by atoms with van der Waals surface area (Å²) in [5, 5.41) is 11.8. The van der Waals surface area contributed by atoms with Gasteiger partial charge in [0.2, 0.25) is 0 Å². The van der Waals surface area contributed by atoms with Crippen molar-refractivity contribution in [3.8, 4) is 0 Å². The molecule has 0 bridgehead atoms. The average Bonchev–Trinajstić information content (AvgIpc) is 2.88. The molecule has 98 valence electrons. The first-order valence-electron chi connectivity index (χ1n) is 5.03. The Labute approximate surface area is 124 Å². The Hall–Kier alpha value is -0.440. The van der Waals surface area contributed by atoms with Gasteiger partial charge in [0.05, 0.1) is 15.3 Å². The van der Waals surface area contributed by atoms with Crippen LogP contribution < -0.4 is 5.32 Å². The minimum atomic E-state index is -1.31. The van der Waals surface area contributed by atoms with E-state index in [2.05, 4.69) is 37.2 Å². The Morgan fingerprint density at radius 2 is 2.22 bits per heavy atom. The van der Waals surface area contributed by atoms with E-state index in [0.717, 1.165) is 8.26 Å². The summed E-state index contributed by atoms with van der Waals surface area (Å²) in [5.74, 6) is -1.47. The molecule has 1 aromatic heterocycles. The topological polar surface area (TPSA) is 75.6 Å². The van der Waals surface area contributed by atoms with Crippen molar-refractivity contribution >= 4 is 55.1 Å². The number of carboxylic acids is 1. The maximum absolute atomic E-state index is 12.0. The molecule has 1 fully saturated rings. The van der Waals surface area contributed by atoms with Gasteiger partial charge < -0.3 is 15.2 Å². The fourth-order valence-corrected chi connectivity index (χ4v) is 3.55. The van der Waals surface area contributed by atoms with Crippen molar-refractivity contribution in [1.82, 2.24) is 5.32 Å². The van der Waals surface area contributed by atoms with Crippen LogP contribution in [0.25, 0.3) is 0 Å². The van der Waals surface area contributed by atoms with Crippen LogP contribution in [0.4, 0.5) is 0 Å². The van der Waals surface area contributed by atoms with E-state index in [1.807, 2.05) is 0 Å². The number of carbonyl (C=O) groups is 2. The molecule has 1 aromatic rings. The van der Waals surface area contributed by atoms with E-state index < -0.39 is 17.4 Å². The van der Waals surface area contributed by atoms with Crippen molar-refractivity contribution in [3.05, 3.63) is 19.2 Å². The molecular weight excluding hydrogens is 390 g/mol. The van der Waals surface area contributed by atoms with Crippen molar-refractivity contribution in [3.63, 3.8) is 0 Å². The third kappa shape index (κ3) is 2.61. The molecule has 2 heterocycles. The molecule has 5 nitrogen and oxygen atoms in total. The minimum Gasteiger partial charge on any atom is -0.479 e. The molecule has 1 atom stereocenters. The van der Waals surface area contributed by atoms with Crippen molar-refractivity contribution in [2.45, 2.75) is 12.0 Å². The summed E-state index contributed by atoms with van der Waals surface area (Å²) in [4.78, 5) is 23.7. The van der Waals surface area contributed by atoms with E-state index in [0.29, 0.717) is 11.5 Å². The maximum atomic E-state index is 12.0. The first-order valence-corrected chi connectivity index (χ1v) is 7.43. The molecule has 0 radical (unpaired) electrons. The highest BCUT2D eigenvalue weighted by Crippen LogP contribution is 2.32. The van der Waals surface area contributed by atoms with Gasteiger partial charge in [0.15, 0.2) is 5.54 Å². The van der Waals surface area contributed by atoms with Gasteiger partial charge in [-0.2, -0.15) is 0 Å². The van der Waals surface area contributed by atoms with Gasteiger partial charge in [0.25, 0.3) is 5.91 Å². The highest BCUT2D eigenvalue weighted by molar-refractivity contribution is 9.13. The van der Waals surface area contributed by atoms with Crippen LogP contribution in [-0.2, 0) is 9.53 Å². The highest BCUT2D eigenvalue weighted by Gasteiger charge is 2.44. The van der Waals surface area contributed by atoms with Gasteiger partial charge in [-0.1, -0.05) is 0 Å². The van der Waals surface area contributed by atoms with E-state index in [4.69, 9.17) is 4.74 Å². The fraction of sp³-hybridized carbons (Fsp3) is 0.400. The number of aliphatic carboxylic acids is 1. The largest absolute Gasteiger partial charge is 0.479 e. The Morgan fingerprint density at radius 1 is 1.50 bits per heavy atom. The van der Waals surface area contributed by atoms with Crippen molar-refractivity contribution in [2.75, 3.05) is 13.2 Å². The number of hydrogen-bond donors (Lipinski definition) is 2. The first-order chi connectivity index (χ1) is 8.44. The monoisotopic (exact) mass is 397 g/mol. The molecule has 1 aliphatic heterocycles. The van der Waals surface area contributed by atoms with E-state index in [1.165, 1.54) is 11.3 Å². The summed E-state index contributed by atoms with van der Waals surface area (Å²) in [6.07, 6.45) is 0.280. The lowest BCUT2D eigenvalue weighted by molar-refractivity contribution is -0.144. The Morgan fingerprint density at radius 3 is 2.67 bits per heavy atom. The number of rotatable bonds is 3. The van der Waals surface area contributed by atoms with Crippen LogP contribution in [0, 0.1) is 0 Å². The molecule has 0 aromatic carbocycles. The average molecular weight is 399 g/mol. The van der Waals surface area contributed by atoms with E-state index in [9.17, 15) is 14.7 Å². The van der Waals surface area contributed by atoms with Crippen molar-refractivity contribution in [1.29, 1.82) is 0 Å². The highest BCUT2D eigenvalue weighted by atomic mass is 79.9. The summed E-state index contributed by atoms with van der Waals surface area (Å²) < 4.78 is 6.64. The zero-order chi connectivity index (χ0) is 13.3. The lowest BCUT2D eigenvalue weighted by atomic mass is 9.99. The summed E-state index contributed by atoms with van der Waals surface area (Å²) in [6, 6.07) is 1.65. The lowest BCUT2D eigenvalue weighted by Gasteiger charge is -2.23. The third-order valence-corrected chi connectivity index (χ3v) is 5.91. The van der Waals surface area contributed by atoms with Crippen molar-refractivity contribution < 1.29 is 19.4 Å². The minimum absolute atomic E-state index is 0.00177. The molecule has 0 spiro atoms. The molecule has 18 heavy (non-hydrogen) atoms. The fourth-order valence-electron chi connectivity index (χ4n) is 1.62. The predicted molar refractivity (Wildman–Crippen MR) is 73.0 cm³/mol. The van der Waals surface area contributed by atoms with Crippen LogP contribution in [0.3, 0.4) is 0 Å². The van der Waals surface area contributed by atoms with Crippen LogP contribution in [0.15, 0.2) is 14.3 Å². The standard InChI is InChI=1S/C10H9Br2NO4S/c11-5-3-6(18-7(5)12)8(14)13-10(9(15)16)1-2-17-4-10/h3H,1-2,4H2,(H,13,14)(H,15,16). The van der Waals surface area contributed by atoms with Gasteiger partial charge >= 0.3 is 5.97 Å². The summed E-state index contributed by atoms with van der Waals surface area (Å²) in [7, 11) is 0. The van der Waals surface area contributed by atoms with Gasteiger partial charge in [-0.15, -0.1) is 11.3 Å². The number of thiophene rings is 1. The number of halogens is 2. The second-order valence-electron chi connectivity index (χ2n) is 3.88.